The largest absolute Gasteiger partial charge is 0.378 e. The SMILES string of the molecule is N#Cc1cc(F)ccc1Sc1cc(-c2ccc(N3CCOCC3)nc2)cn2ncc(C#N)c12. The van der Waals surface area contributed by atoms with Gasteiger partial charge >= 0.3 is 0 Å². The number of anilines is 1. The number of nitriles is 2. The maximum atomic E-state index is 13.6. The second kappa shape index (κ2) is 8.91. The summed E-state index contributed by atoms with van der Waals surface area (Å²) in [5.41, 5.74) is 3.05. The number of nitrogens with zero attached hydrogens (tertiary/aromatic N) is 6. The minimum atomic E-state index is -0.469. The lowest BCUT2D eigenvalue weighted by Crippen LogP contribution is -2.36. The van der Waals surface area contributed by atoms with Crippen LogP contribution in [0.5, 0.6) is 0 Å². The molecule has 0 amide bonds. The highest BCUT2D eigenvalue weighted by Crippen LogP contribution is 2.37. The van der Waals surface area contributed by atoms with Crippen LogP contribution in [0.25, 0.3) is 16.6 Å². The van der Waals surface area contributed by atoms with Crippen LogP contribution in [0.4, 0.5) is 10.2 Å². The Morgan fingerprint density at radius 1 is 0.939 bits per heavy atom. The predicted molar refractivity (Wildman–Crippen MR) is 121 cm³/mol. The summed E-state index contributed by atoms with van der Waals surface area (Å²) in [6, 6.07) is 14.2. The summed E-state index contributed by atoms with van der Waals surface area (Å²) in [6.45, 7) is 3.00. The first-order valence-corrected chi connectivity index (χ1v) is 11.1. The number of halogens is 1. The summed E-state index contributed by atoms with van der Waals surface area (Å²) < 4.78 is 20.7. The van der Waals surface area contributed by atoms with E-state index in [4.69, 9.17) is 4.74 Å². The van der Waals surface area contributed by atoms with E-state index in [1.165, 1.54) is 30.1 Å². The Morgan fingerprint density at radius 2 is 1.76 bits per heavy atom. The Hall–Kier alpha value is -3.92. The van der Waals surface area contributed by atoms with Crippen molar-refractivity contribution in [3.8, 4) is 23.3 Å². The quantitative estimate of drug-likeness (QED) is 0.453. The van der Waals surface area contributed by atoms with Gasteiger partial charge in [-0.15, -0.1) is 0 Å². The van der Waals surface area contributed by atoms with Crippen molar-refractivity contribution in [1.82, 2.24) is 14.6 Å². The van der Waals surface area contributed by atoms with Crippen molar-refractivity contribution in [2.45, 2.75) is 9.79 Å². The Bertz CT molecular complexity index is 1410. The molecule has 4 aromatic rings. The standard InChI is InChI=1S/C24H17FN6OS/c25-20-2-3-21(17(9-20)11-26)33-22-10-18(15-31-24(22)19(12-27)14-29-31)16-1-4-23(28-13-16)30-5-7-32-8-6-30/h1-4,9-10,13-15H,5-8H2. The molecule has 1 aliphatic heterocycles. The number of benzene rings is 1. The maximum absolute atomic E-state index is 13.6. The molecule has 1 aromatic carbocycles. The van der Waals surface area contributed by atoms with Gasteiger partial charge in [0.1, 0.15) is 23.8 Å². The zero-order valence-electron chi connectivity index (χ0n) is 17.4. The molecule has 4 heterocycles. The summed E-state index contributed by atoms with van der Waals surface area (Å²) in [5, 5.41) is 23.3. The topological polar surface area (TPSA) is 90.2 Å². The number of fused-ring (bicyclic) bond motifs is 1. The summed E-state index contributed by atoms with van der Waals surface area (Å²) in [5.74, 6) is 0.428. The number of rotatable bonds is 4. The van der Waals surface area contributed by atoms with E-state index >= 15 is 0 Å². The maximum Gasteiger partial charge on any atom is 0.128 e. The third-order valence-electron chi connectivity index (χ3n) is 5.40. The van der Waals surface area contributed by atoms with E-state index in [-0.39, 0.29) is 5.56 Å². The Kier molecular flexibility index (Phi) is 5.66. The molecule has 1 saturated heterocycles. The fourth-order valence-electron chi connectivity index (χ4n) is 3.74. The Balaban J connectivity index is 1.56. The van der Waals surface area contributed by atoms with Crippen LogP contribution in [0.1, 0.15) is 11.1 Å². The number of ether oxygens (including phenoxy) is 1. The molecule has 0 unspecified atom stereocenters. The van der Waals surface area contributed by atoms with Gasteiger partial charge in [0.15, 0.2) is 0 Å². The Labute approximate surface area is 193 Å². The van der Waals surface area contributed by atoms with Gasteiger partial charge in [-0.2, -0.15) is 15.6 Å². The van der Waals surface area contributed by atoms with Crippen LogP contribution in [0.3, 0.4) is 0 Å². The average molecular weight is 457 g/mol. The van der Waals surface area contributed by atoms with Gasteiger partial charge in [-0.1, -0.05) is 11.8 Å². The van der Waals surface area contributed by atoms with Gasteiger partial charge in [0.2, 0.25) is 0 Å². The molecule has 0 saturated carbocycles. The smallest absolute Gasteiger partial charge is 0.128 e. The second-order valence-electron chi connectivity index (χ2n) is 7.42. The lowest BCUT2D eigenvalue weighted by Gasteiger charge is -2.27. The number of hydrogen-bond acceptors (Lipinski definition) is 7. The molecule has 7 nitrogen and oxygen atoms in total. The lowest BCUT2D eigenvalue weighted by molar-refractivity contribution is 0.122. The van der Waals surface area contributed by atoms with Crippen molar-refractivity contribution in [2.75, 3.05) is 31.2 Å². The van der Waals surface area contributed by atoms with Crippen molar-refractivity contribution >= 4 is 23.1 Å². The molecule has 1 fully saturated rings. The van der Waals surface area contributed by atoms with E-state index in [0.29, 0.717) is 29.2 Å². The average Bonchev–Trinajstić information content (AvgIpc) is 3.29. The van der Waals surface area contributed by atoms with Crippen molar-refractivity contribution in [2.24, 2.45) is 0 Å². The number of pyridine rings is 2. The fraction of sp³-hybridized carbons (Fsp3) is 0.167. The number of hydrogen-bond donors (Lipinski definition) is 0. The van der Waals surface area contributed by atoms with Gasteiger partial charge in [-0.05, 0) is 36.4 Å². The van der Waals surface area contributed by atoms with Crippen LogP contribution in [0.15, 0.2) is 64.8 Å². The molecule has 1 aliphatic rings. The predicted octanol–water partition coefficient (Wildman–Crippen LogP) is 4.27. The van der Waals surface area contributed by atoms with Gasteiger partial charge in [-0.25, -0.2) is 13.9 Å². The molecule has 33 heavy (non-hydrogen) atoms. The molecular weight excluding hydrogens is 439 g/mol. The van der Waals surface area contributed by atoms with Gasteiger partial charge in [0, 0.05) is 46.4 Å². The van der Waals surface area contributed by atoms with Crippen LogP contribution in [0, 0.1) is 28.5 Å². The molecule has 0 bridgehead atoms. The summed E-state index contributed by atoms with van der Waals surface area (Å²) in [7, 11) is 0. The number of morpholine rings is 1. The Morgan fingerprint density at radius 3 is 2.48 bits per heavy atom. The monoisotopic (exact) mass is 456 g/mol. The molecule has 5 rings (SSSR count). The van der Waals surface area contributed by atoms with Crippen molar-refractivity contribution in [1.29, 1.82) is 10.5 Å². The molecule has 3 aromatic heterocycles. The van der Waals surface area contributed by atoms with Gasteiger partial charge in [-0.3, -0.25) is 0 Å². The molecule has 0 spiro atoms. The van der Waals surface area contributed by atoms with E-state index < -0.39 is 5.82 Å². The lowest BCUT2D eigenvalue weighted by atomic mass is 10.1. The minimum absolute atomic E-state index is 0.234. The highest BCUT2D eigenvalue weighted by Gasteiger charge is 2.16. The first-order valence-electron chi connectivity index (χ1n) is 10.2. The zero-order valence-corrected chi connectivity index (χ0v) is 18.2. The van der Waals surface area contributed by atoms with Gasteiger partial charge in [0.05, 0.1) is 36.1 Å². The summed E-state index contributed by atoms with van der Waals surface area (Å²) >= 11 is 1.30. The fourth-order valence-corrected chi connectivity index (χ4v) is 4.81. The molecule has 0 atom stereocenters. The molecule has 0 N–H and O–H groups in total. The highest BCUT2D eigenvalue weighted by molar-refractivity contribution is 7.99. The first-order chi connectivity index (χ1) is 16.2. The zero-order chi connectivity index (χ0) is 22.8. The molecule has 9 heteroatoms. The van der Waals surface area contributed by atoms with Gasteiger partial charge in [0.25, 0.3) is 0 Å². The molecule has 0 aliphatic carbocycles. The van der Waals surface area contributed by atoms with Crippen LogP contribution in [-0.2, 0) is 4.74 Å². The normalized spacial score (nSPS) is 13.6. The van der Waals surface area contributed by atoms with E-state index in [1.807, 2.05) is 36.7 Å². The number of aromatic nitrogens is 3. The van der Waals surface area contributed by atoms with Gasteiger partial charge < -0.3 is 9.64 Å². The van der Waals surface area contributed by atoms with Crippen molar-refractivity contribution in [3.63, 3.8) is 0 Å². The second-order valence-corrected chi connectivity index (χ2v) is 8.50. The molecule has 162 valence electrons. The van der Waals surface area contributed by atoms with Crippen LogP contribution in [-0.4, -0.2) is 40.9 Å². The molecular formula is C24H17FN6OS. The van der Waals surface area contributed by atoms with Crippen molar-refractivity contribution in [3.05, 3.63) is 71.9 Å². The third-order valence-corrected chi connectivity index (χ3v) is 6.50. The minimum Gasteiger partial charge on any atom is -0.378 e. The van der Waals surface area contributed by atoms with Crippen LogP contribution in [0.2, 0.25) is 0 Å². The third kappa shape index (κ3) is 4.12. The molecule has 0 radical (unpaired) electrons. The highest BCUT2D eigenvalue weighted by atomic mass is 32.2. The van der Waals surface area contributed by atoms with Crippen molar-refractivity contribution < 1.29 is 9.13 Å². The summed E-state index contributed by atoms with van der Waals surface area (Å²) in [6.07, 6.45) is 5.17. The van der Waals surface area contributed by atoms with Crippen LogP contribution >= 0.6 is 11.8 Å². The summed E-state index contributed by atoms with van der Waals surface area (Å²) in [4.78, 5) is 8.15. The van der Waals surface area contributed by atoms with E-state index in [9.17, 15) is 14.9 Å². The van der Waals surface area contributed by atoms with E-state index in [1.54, 1.807) is 10.6 Å². The van der Waals surface area contributed by atoms with E-state index in [2.05, 4.69) is 21.1 Å². The van der Waals surface area contributed by atoms with E-state index in [0.717, 1.165) is 34.9 Å². The first kappa shape index (κ1) is 21.0. The van der Waals surface area contributed by atoms with Crippen LogP contribution < -0.4 is 4.90 Å².